The molecule has 1 aromatic rings. The van der Waals surface area contributed by atoms with Gasteiger partial charge in [-0.1, -0.05) is 18.2 Å². The van der Waals surface area contributed by atoms with Crippen LogP contribution >= 0.6 is 0 Å². The highest BCUT2D eigenvalue weighted by Gasteiger charge is 2.09. The van der Waals surface area contributed by atoms with E-state index in [1.165, 1.54) is 24.3 Å². The second-order valence-electron chi connectivity index (χ2n) is 3.88. The van der Waals surface area contributed by atoms with Crippen LogP contribution < -0.4 is 0 Å². The first kappa shape index (κ1) is 13.2. The molecule has 0 aliphatic heterocycles. The molecule has 0 unspecified atom stereocenters. The minimum absolute atomic E-state index is 0.351. The molecule has 1 aromatic carbocycles. The number of rotatable bonds is 3. The van der Waals surface area contributed by atoms with E-state index in [0.717, 1.165) is 5.69 Å². The van der Waals surface area contributed by atoms with Crippen LogP contribution in [0.2, 0.25) is 0 Å². The van der Waals surface area contributed by atoms with E-state index in [1.54, 1.807) is 6.08 Å². The topological polar surface area (TPSA) is 29.3 Å². The van der Waals surface area contributed by atoms with Gasteiger partial charge in [0, 0.05) is 23.3 Å². The van der Waals surface area contributed by atoms with E-state index in [4.69, 9.17) is 0 Å². The number of esters is 1. The first-order valence-electron chi connectivity index (χ1n) is 5.44. The number of allylic oxidation sites excluding steroid dienone is 1. The Labute approximate surface area is 102 Å². The van der Waals surface area contributed by atoms with Crippen LogP contribution in [0.1, 0.15) is 11.1 Å². The Morgan fingerprint density at radius 3 is 2.41 bits per heavy atom. The zero-order valence-corrected chi connectivity index (χ0v) is 10.7. The van der Waals surface area contributed by atoms with Gasteiger partial charge in [-0.2, -0.15) is 0 Å². The summed E-state index contributed by atoms with van der Waals surface area (Å²) in [7, 11) is 3.32. The molecule has 0 atom stereocenters. The van der Waals surface area contributed by atoms with E-state index < -0.39 is 0 Å². The number of aryl methyl sites for hydroxylation is 2. The lowest BCUT2D eigenvalue weighted by atomic mass is 10.1. The zero-order chi connectivity index (χ0) is 12.8. The monoisotopic (exact) mass is 232 g/mol. The zero-order valence-electron chi connectivity index (χ0n) is 10.7. The predicted octanol–water partition coefficient (Wildman–Crippen LogP) is 2.38. The predicted molar refractivity (Wildman–Crippen MR) is 69.0 cm³/mol. The third-order valence-electron chi connectivity index (χ3n) is 2.54. The van der Waals surface area contributed by atoms with Gasteiger partial charge in [0.05, 0.1) is 7.11 Å². The fraction of sp³-hybridized carbons (Fsp3) is 0.286. The number of benzene rings is 1. The van der Waals surface area contributed by atoms with Gasteiger partial charge in [0.25, 0.3) is 0 Å². The number of para-hydroxylation sites is 1. The fourth-order valence-corrected chi connectivity index (χ4v) is 1.76. The highest BCUT2D eigenvalue weighted by Crippen LogP contribution is 2.21. The average Bonchev–Trinajstić information content (AvgIpc) is 2.28. The molecular weight excluding hydrogens is 214 g/mol. The molecule has 0 amide bonds. The van der Waals surface area contributed by atoms with Gasteiger partial charge < -0.3 is 4.74 Å². The minimum Gasteiger partial charge on any atom is -0.466 e. The van der Waals surface area contributed by atoms with Crippen molar-refractivity contribution in [1.82, 2.24) is 0 Å². The number of carbonyl (C=O) groups is 1. The lowest BCUT2D eigenvalue weighted by Crippen LogP contribution is -2.03. The van der Waals surface area contributed by atoms with Gasteiger partial charge in [0.2, 0.25) is 5.69 Å². The largest absolute Gasteiger partial charge is 0.466 e. The lowest BCUT2D eigenvalue weighted by molar-refractivity contribution is -0.399. The summed E-state index contributed by atoms with van der Waals surface area (Å²) in [5.74, 6) is -0.351. The molecule has 90 valence electrons. The molecule has 1 rings (SSSR count). The molecule has 0 bridgehead atoms. The van der Waals surface area contributed by atoms with Crippen LogP contribution in [0.5, 0.6) is 0 Å². The van der Waals surface area contributed by atoms with E-state index in [1.807, 2.05) is 23.9 Å². The lowest BCUT2D eigenvalue weighted by Gasteiger charge is -2.03. The maximum Gasteiger partial charge on any atom is 0.330 e. The second kappa shape index (κ2) is 5.99. The summed E-state index contributed by atoms with van der Waals surface area (Å²) in [5, 5.41) is 0. The summed E-state index contributed by atoms with van der Waals surface area (Å²) < 4.78 is 6.51. The number of nitrogens with zero attached hydrogens (tertiary/aromatic N) is 1. The van der Waals surface area contributed by atoms with Crippen LogP contribution in [0.15, 0.2) is 30.4 Å². The third-order valence-corrected chi connectivity index (χ3v) is 2.54. The van der Waals surface area contributed by atoms with Crippen LogP contribution in [-0.4, -0.2) is 30.9 Å². The standard InChI is InChI=1S/C14H18NO2/c1-11-7-5-8-12(2)14(11)15(3)10-6-9-13(16)17-4/h5-10H,1-4H3/q+1/b9-6+,15-10?. The highest BCUT2D eigenvalue weighted by atomic mass is 16.5. The summed E-state index contributed by atoms with van der Waals surface area (Å²) in [6.07, 6.45) is 4.91. The summed E-state index contributed by atoms with van der Waals surface area (Å²) in [6, 6.07) is 6.17. The maximum atomic E-state index is 10.9. The molecule has 3 heteroatoms. The van der Waals surface area contributed by atoms with Crippen molar-refractivity contribution >= 4 is 17.9 Å². The van der Waals surface area contributed by atoms with E-state index in [9.17, 15) is 4.79 Å². The van der Waals surface area contributed by atoms with Gasteiger partial charge in [-0.05, 0) is 13.8 Å². The number of hydrogen-bond acceptors (Lipinski definition) is 2. The normalized spacial score (nSPS) is 11.9. The van der Waals surface area contributed by atoms with Gasteiger partial charge in [0.15, 0.2) is 6.21 Å². The van der Waals surface area contributed by atoms with Crippen molar-refractivity contribution in [1.29, 1.82) is 0 Å². The SMILES string of the molecule is COC(=O)/C=C/C=[N+](C)c1c(C)cccc1C. The average molecular weight is 232 g/mol. The summed E-state index contributed by atoms with van der Waals surface area (Å²) in [6.45, 7) is 4.13. The van der Waals surface area contributed by atoms with Gasteiger partial charge in [0.1, 0.15) is 7.05 Å². The molecule has 0 aromatic heterocycles. The third kappa shape index (κ3) is 3.55. The van der Waals surface area contributed by atoms with Gasteiger partial charge >= 0.3 is 5.97 Å². The maximum absolute atomic E-state index is 10.9. The van der Waals surface area contributed by atoms with Crippen molar-refractivity contribution < 1.29 is 14.1 Å². The van der Waals surface area contributed by atoms with Crippen molar-refractivity contribution in [3.05, 3.63) is 41.5 Å². The van der Waals surface area contributed by atoms with E-state index in [0.29, 0.717) is 0 Å². The molecule has 3 nitrogen and oxygen atoms in total. The fourth-order valence-electron chi connectivity index (χ4n) is 1.76. The molecule has 0 aliphatic rings. The van der Waals surface area contributed by atoms with Crippen molar-refractivity contribution in [3.8, 4) is 0 Å². The Balaban J connectivity index is 2.97. The number of ether oxygens (including phenoxy) is 1. The Kier molecular flexibility index (Phi) is 4.64. The quantitative estimate of drug-likeness (QED) is 0.346. The van der Waals surface area contributed by atoms with Crippen LogP contribution in [0.4, 0.5) is 5.69 Å². The van der Waals surface area contributed by atoms with Gasteiger partial charge in [-0.25, -0.2) is 9.37 Å². The van der Waals surface area contributed by atoms with Gasteiger partial charge in [-0.15, -0.1) is 0 Å². The molecule has 0 saturated carbocycles. The molecule has 0 radical (unpaired) electrons. The van der Waals surface area contributed by atoms with Crippen LogP contribution in [0, 0.1) is 13.8 Å². The van der Waals surface area contributed by atoms with E-state index in [-0.39, 0.29) is 5.97 Å². The van der Waals surface area contributed by atoms with Crippen LogP contribution in [-0.2, 0) is 9.53 Å². The van der Waals surface area contributed by atoms with E-state index in [2.05, 4.69) is 30.7 Å². The Morgan fingerprint density at radius 1 is 1.29 bits per heavy atom. The molecule has 0 spiro atoms. The number of methoxy groups -OCH3 is 1. The molecule has 0 heterocycles. The number of carbonyl (C=O) groups excluding carboxylic acids is 1. The van der Waals surface area contributed by atoms with E-state index >= 15 is 0 Å². The summed E-state index contributed by atoms with van der Waals surface area (Å²) in [5.41, 5.74) is 3.56. The van der Waals surface area contributed by atoms with Crippen LogP contribution in [0.3, 0.4) is 0 Å². The number of hydrogen-bond donors (Lipinski definition) is 0. The van der Waals surface area contributed by atoms with Crippen LogP contribution in [0.25, 0.3) is 0 Å². The summed E-state index contributed by atoms with van der Waals surface area (Å²) >= 11 is 0. The highest BCUT2D eigenvalue weighted by molar-refractivity contribution is 5.86. The molecule has 0 fully saturated rings. The van der Waals surface area contributed by atoms with Crippen molar-refractivity contribution in [3.63, 3.8) is 0 Å². The second-order valence-corrected chi connectivity index (χ2v) is 3.88. The van der Waals surface area contributed by atoms with Crippen molar-refractivity contribution in [2.75, 3.05) is 14.2 Å². The summed E-state index contributed by atoms with van der Waals surface area (Å²) in [4.78, 5) is 10.9. The molecule has 0 N–H and O–H groups in total. The Hall–Kier alpha value is -1.90. The Morgan fingerprint density at radius 2 is 1.88 bits per heavy atom. The smallest absolute Gasteiger partial charge is 0.330 e. The van der Waals surface area contributed by atoms with Gasteiger partial charge in [-0.3, -0.25) is 0 Å². The molecule has 17 heavy (non-hydrogen) atoms. The minimum atomic E-state index is -0.351. The Bertz CT molecular complexity index is 453. The molecule has 0 saturated heterocycles. The first-order chi connectivity index (χ1) is 8.06. The van der Waals surface area contributed by atoms with Crippen molar-refractivity contribution in [2.45, 2.75) is 13.8 Å². The molecule has 0 aliphatic carbocycles. The molecular formula is C14H18NO2+. The van der Waals surface area contributed by atoms with Crippen molar-refractivity contribution in [2.24, 2.45) is 0 Å². The first-order valence-corrected chi connectivity index (χ1v) is 5.44.